The average Bonchev–Trinajstić information content (AvgIpc) is 2.66. The van der Waals surface area contributed by atoms with E-state index in [0.29, 0.717) is 12.4 Å². The van der Waals surface area contributed by atoms with Crippen molar-refractivity contribution in [1.82, 2.24) is 14.3 Å². The van der Waals surface area contributed by atoms with E-state index in [9.17, 15) is 8.42 Å². The minimum Gasteiger partial charge on any atom is -0.334 e. The van der Waals surface area contributed by atoms with Crippen LogP contribution in [-0.4, -0.2) is 30.6 Å². The normalized spacial score (nSPS) is 14.6. The molecule has 0 aliphatic carbocycles. The molecule has 0 fully saturated rings. The Morgan fingerprint density at radius 1 is 1.47 bits per heavy atom. The van der Waals surface area contributed by atoms with Gasteiger partial charge in [-0.1, -0.05) is 20.8 Å². The van der Waals surface area contributed by atoms with Crippen LogP contribution in [0.1, 0.15) is 33.5 Å². The van der Waals surface area contributed by atoms with Crippen LogP contribution in [-0.2, 0) is 16.6 Å². The van der Waals surface area contributed by atoms with Crippen LogP contribution < -0.4 is 10.5 Å². The van der Waals surface area contributed by atoms with Crippen molar-refractivity contribution in [3.8, 4) is 0 Å². The lowest BCUT2D eigenvalue weighted by atomic mass is 9.88. The Labute approximate surface area is 115 Å². The molecule has 0 bridgehead atoms. The summed E-state index contributed by atoms with van der Waals surface area (Å²) in [6.45, 7) is 10.5. The van der Waals surface area contributed by atoms with E-state index in [1.807, 2.05) is 27.7 Å². The molecule has 1 aromatic heterocycles. The second kappa shape index (κ2) is 5.60. The molecule has 3 N–H and O–H groups in total. The summed E-state index contributed by atoms with van der Waals surface area (Å²) in [6.07, 6.45) is 1.55. The number of sulfonamides is 1. The van der Waals surface area contributed by atoms with Gasteiger partial charge >= 0.3 is 0 Å². The molecule has 0 saturated carbocycles. The van der Waals surface area contributed by atoms with Crippen molar-refractivity contribution >= 4 is 10.0 Å². The first-order chi connectivity index (χ1) is 8.61. The van der Waals surface area contributed by atoms with Gasteiger partial charge < -0.3 is 10.3 Å². The van der Waals surface area contributed by atoms with Crippen LogP contribution >= 0.6 is 0 Å². The summed E-state index contributed by atoms with van der Waals surface area (Å²) in [5.41, 5.74) is 5.41. The largest absolute Gasteiger partial charge is 0.334 e. The van der Waals surface area contributed by atoms with Crippen LogP contribution in [0.15, 0.2) is 11.2 Å². The number of hydrogen-bond donors (Lipinski definition) is 2. The fourth-order valence-corrected chi connectivity index (χ4v) is 3.22. The first-order valence-electron chi connectivity index (χ1n) is 6.38. The predicted molar refractivity (Wildman–Crippen MR) is 75.3 cm³/mol. The van der Waals surface area contributed by atoms with Gasteiger partial charge in [-0.05, 0) is 19.3 Å². The van der Waals surface area contributed by atoms with Crippen molar-refractivity contribution in [1.29, 1.82) is 0 Å². The van der Waals surface area contributed by atoms with Crippen molar-refractivity contribution in [2.45, 2.75) is 52.2 Å². The van der Waals surface area contributed by atoms with E-state index < -0.39 is 10.0 Å². The van der Waals surface area contributed by atoms with Gasteiger partial charge in [0.25, 0.3) is 10.0 Å². The number of imidazole rings is 1. The molecule has 0 aliphatic rings. The van der Waals surface area contributed by atoms with Crippen molar-refractivity contribution in [2.75, 3.05) is 6.54 Å². The van der Waals surface area contributed by atoms with Crippen LogP contribution in [0, 0.1) is 12.3 Å². The zero-order chi connectivity index (χ0) is 14.8. The zero-order valence-corrected chi connectivity index (χ0v) is 13.1. The Hall–Kier alpha value is -0.920. The van der Waals surface area contributed by atoms with Gasteiger partial charge in [0, 0.05) is 25.3 Å². The first kappa shape index (κ1) is 16.1. The highest BCUT2D eigenvalue weighted by Crippen LogP contribution is 2.20. The predicted octanol–water partition coefficient (Wildman–Crippen LogP) is 0.863. The zero-order valence-electron chi connectivity index (χ0n) is 12.3. The van der Waals surface area contributed by atoms with E-state index >= 15 is 0 Å². The molecular formula is C12H24N4O2S. The summed E-state index contributed by atoms with van der Waals surface area (Å²) in [4.78, 5) is 4.09. The highest BCUT2D eigenvalue weighted by Gasteiger charge is 2.29. The van der Waals surface area contributed by atoms with Gasteiger partial charge in [-0.15, -0.1) is 0 Å². The molecule has 0 aliphatic heterocycles. The number of hydrogen-bond acceptors (Lipinski definition) is 4. The van der Waals surface area contributed by atoms with E-state index in [1.54, 1.807) is 17.7 Å². The van der Waals surface area contributed by atoms with E-state index in [0.717, 1.165) is 0 Å². The summed E-state index contributed by atoms with van der Waals surface area (Å²) >= 11 is 0. The molecule has 19 heavy (non-hydrogen) atoms. The van der Waals surface area contributed by atoms with Gasteiger partial charge in [0.1, 0.15) is 5.82 Å². The molecule has 0 radical (unpaired) electrons. The van der Waals surface area contributed by atoms with Crippen LogP contribution in [0.25, 0.3) is 0 Å². The Bertz CT molecular complexity index is 528. The van der Waals surface area contributed by atoms with Gasteiger partial charge in [0.05, 0.1) is 0 Å². The summed E-state index contributed by atoms with van der Waals surface area (Å²) < 4.78 is 29.0. The third-order valence-corrected chi connectivity index (χ3v) is 4.49. The smallest absolute Gasteiger partial charge is 0.259 e. The van der Waals surface area contributed by atoms with Gasteiger partial charge in [-0.25, -0.2) is 18.1 Å². The standard InChI is InChI=1S/C12H24N4O2S/c1-6-16-8-11(14-9(16)2)19(17,18)15-10(7-13)12(3,4)5/h8,10,15H,6-7,13H2,1-5H3. The maximum atomic E-state index is 12.3. The number of nitrogens with two attached hydrogens (primary N) is 1. The molecule has 0 saturated heterocycles. The molecule has 0 aromatic carbocycles. The third kappa shape index (κ3) is 3.77. The van der Waals surface area contributed by atoms with E-state index in [1.165, 1.54) is 0 Å². The van der Waals surface area contributed by atoms with Gasteiger partial charge in [0.2, 0.25) is 0 Å². The van der Waals surface area contributed by atoms with Crippen molar-refractivity contribution in [2.24, 2.45) is 11.1 Å². The fraction of sp³-hybridized carbons (Fsp3) is 0.750. The monoisotopic (exact) mass is 288 g/mol. The summed E-state index contributed by atoms with van der Waals surface area (Å²) in [6, 6.07) is -0.329. The molecule has 1 rings (SSSR count). The van der Waals surface area contributed by atoms with Crippen LogP contribution in [0.3, 0.4) is 0 Å². The third-order valence-electron chi connectivity index (χ3n) is 3.15. The number of nitrogens with one attached hydrogen (secondary N) is 1. The van der Waals surface area contributed by atoms with Crippen molar-refractivity contribution in [3.63, 3.8) is 0 Å². The van der Waals surface area contributed by atoms with E-state index in [4.69, 9.17) is 5.73 Å². The van der Waals surface area contributed by atoms with Gasteiger partial charge in [0.15, 0.2) is 5.03 Å². The maximum Gasteiger partial charge on any atom is 0.259 e. The Morgan fingerprint density at radius 3 is 2.42 bits per heavy atom. The van der Waals surface area contributed by atoms with Crippen molar-refractivity contribution in [3.05, 3.63) is 12.0 Å². The lowest BCUT2D eigenvalue weighted by molar-refractivity contribution is 0.304. The number of nitrogens with zero attached hydrogens (tertiary/aromatic N) is 2. The molecule has 1 atom stereocenters. The second-order valence-corrected chi connectivity index (χ2v) is 7.35. The Morgan fingerprint density at radius 2 is 2.05 bits per heavy atom. The second-order valence-electron chi connectivity index (χ2n) is 5.69. The molecule has 1 unspecified atom stereocenters. The van der Waals surface area contributed by atoms with Crippen molar-refractivity contribution < 1.29 is 8.42 Å². The summed E-state index contributed by atoms with van der Waals surface area (Å²) in [5.74, 6) is 0.683. The topological polar surface area (TPSA) is 90.0 Å². The van der Waals surface area contributed by atoms with Crippen LogP contribution in [0.5, 0.6) is 0 Å². The lowest BCUT2D eigenvalue weighted by Gasteiger charge is -2.29. The van der Waals surface area contributed by atoms with Crippen LogP contribution in [0.2, 0.25) is 0 Å². The van der Waals surface area contributed by atoms with E-state index in [-0.39, 0.29) is 23.0 Å². The number of aryl methyl sites for hydroxylation is 2. The van der Waals surface area contributed by atoms with E-state index in [2.05, 4.69) is 9.71 Å². The quantitative estimate of drug-likeness (QED) is 0.841. The first-order valence-corrected chi connectivity index (χ1v) is 7.86. The molecule has 1 aromatic rings. The molecule has 6 nitrogen and oxygen atoms in total. The minimum absolute atomic E-state index is 0.0505. The van der Waals surface area contributed by atoms with Crippen LogP contribution in [0.4, 0.5) is 0 Å². The summed E-state index contributed by atoms with van der Waals surface area (Å²) in [7, 11) is -3.63. The SMILES string of the molecule is CCn1cc(S(=O)(=O)NC(CN)C(C)(C)C)nc1C. The molecule has 0 spiro atoms. The maximum absolute atomic E-state index is 12.3. The number of rotatable bonds is 5. The van der Waals surface area contributed by atoms with Gasteiger partial charge in [-0.2, -0.15) is 0 Å². The van der Waals surface area contributed by atoms with Gasteiger partial charge in [-0.3, -0.25) is 0 Å². The minimum atomic E-state index is -3.63. The highest BCUT2D eigenvalue weighted by atomic mass is 32.2. The molecular weight excluding hydrogens is 264 g/mol. The molecule has 110 valence electrons. The fourth-order valence-electron chi connectivity index (χ4n) is 1.75. The lowest BCUT2D eigenvalue weighted by Crippen LogP contribution is -2.48. The summed E-state index contributed by atoms with van der Waals surface area (Å²) in [5, 5.41) is 0.0505. The molecule has 0 amide bonds. The molecule has 7 heteroatoms. The Balaban J connectivity index is 3.04. The number of aromatic nitrogens is 2. The molecule has 1 heterocycles. The highest BCUT2D eigenvalue weighted by molar-refractivity contribution is 7.89. The average molecular weight is 288 g/mol. The Kier molecular flexibility index (Phi) is 4.76.